The van der Waals surface area contributed by atoms with Crippen LogP contribution in [0.3, 0.4) is 0 Å². The number of benzene rings is 2. The van der Waals surface area contributed by atoms with E-state index in [2.05, 4.69) is 51.2 Å². The molecule has 0 bridgehead atoms. The van der Waals surface area contributed by atoms with Crippen molar-refractivity contribution >= 4 is 21.6 Å². The van der Waals surface area contributed by atoms with Gasteiger partial charge >= 0.3 is 0 Å². The lowest BCUT2D eigenvalue weighted by molar-refractivity contribution is 0.275. The van der Waals surface area contributed by atoms with Gasteiger partial charge in [0, 0.05) is 35.4 Å². The molecule has 0 fully saturated rings. The van der Waals surface area contributed by atoms with Crippen LogP contribution < -0.4 is 5.73 Å². The predicted molar refractivity (Wildman–Crippen MR) is 77.9 cm³/mol. The van der Waals surface area contributed by atoms with Crippen molar-refractivity contribution < 1.29 is 0 Å². The zero-order valence-electron chi connectivity index (χ0n) is 10.1. The highest BCUT2D eigenvalue weighted by atomic mass is 79.9. The van der Waals surface area contributed by atoms with Crippen LogP contribution in [0.25, 0.3) is 0 Å². The van der Waals surface area contributed by atoms with Gasteiger partial charge in [0.15, 0.2) is 0 Å². The molecular weight excluding hydrogens is 288 g/mol. The van der Waals surface area contributed by atoms with E-state index in [0.29, 0.717) is 0 Å². The van der Waals surface area contributed by atoms with Crippen molar-refractivity contribution in [2.45, 2.75) is 19.6 Å². The summed E-state index contributed by atoms with van der Waals surface area (Å²) in [5.41, 5.74) is 11.0. The molecule has 0 atom stereocenters. The van der Waals surface area contributed by atoms with Gasteiger partial charge in [0.1, 0.15) is 0 Å². The molecule has 2 aromatic carbocycles. The Labute approximate surface area is 116 Å². The summed E-state index contributed by atoms with van der Waals surface area (Å²) < 4.78 is 1.10. The number of hydrogen-bond donors (Lipinski definition) is 1. The maximum Gasteiger partial charge on any atom is 0.0371 e. The summed E-state index contributed by atoms with van der Waals surface area (Å²) in [5, 5.41) is 0. The number of anilines is 1. The lowest BCUT2D eigenvalue weighted by Crippen LogP contribution is -2.17. The number of halogens is 1. The average molecular weight is 303 g/mol. The van der Waals surface area contributed by atoms with Crippen LogP contribution in [0.4, 0.5) is 5.69 Å². The van der Waals surface area contributed by atoms with Gasteiger partial charge in [-0.25, -0.2) is 0 Å². The SMILES string of the molecule is Nc1cccc(Br)c1CN1Cc2ccccc2C1. The van der Waals surface area contributed by atoms with Crippen LogP contribution in [-0.4, -0.2) is 4.90 Å². The molecule has 0 radical (unpaired) electrons. The van der Waals surface area contributed by atoms with Crippen molar-refractivity contribution in [1.29, 1.82) is 0 Å². The van der Waals surface area contributed by atoms with Crippen LogP contribution >= 0.6 is 15.9 Å². The Kier molecular flexibility index (Phi) is 3.10. The third kappa shape index (κ3) is 2.16. The van der Waals surface area contributed by atoms with Crippen LogP contribution in [0.2, 0.25) is 0 Å². The van der Waals surface area contributed by atoms with E-state index in [-0.39, 0.29) is 0 Å². The van der Waals surface area contributed by atoms with Crippen molar-refractivity contribution in [3.05, 3.63) is 63.6 Å². The van der Waals surface area contributed by atoms with E-state index in [4.69, 9.17) is 5.73 Å². The molecule has 2 nitrogen and oxygen atoms in total. The number of nitrogens with two attached hydrogens (primary N) is 1. The number of hydrogen-bond acceptors (Lipinski definition) is 2. The van der Waals surface area contributed by atoms with E-state index in [1.165, 1.54) is 16.7 Å². The fraction of sp³-hybridized carbons (Fsp3) is 0.200. The summed E-state index contributed by atoms with van der Waals surface area (Å²) in [6, 6.07) is 14.6. The Bertz CT molecular complexity index is 535. The molecule has 0 aromatic heterocycles. The van der Waals surface area contributed by atoms with E-state index in [0.717, 1.165) is 29.8 Å². The predicted octanol–water partition coefficient (Wildman–Crippen LogP) is 3.55. The normalized spacial score (nSPS) is 14.7. The molecule has 18 heavy (non-hydrogen) atoms. The van der Waals surface area contributed by atoms with E-state index in [1.54, 1.807) is 0 Å². The molecule has 3 heteroatoms. The summed E-state index contributed by atoms with van der Waals surface area (Å²) >= 11 is 3.58. The van der Waals surface area contributed by atoms with Crippen molar-refractivity contribution in [2.24, 2.45) is 0 Å². The Hall–Kier alpha value is -1.32. The minimum absolute atomic E-state index is 0.861. The van der Waals surface area contributed by atoms with Gasteiger partial charge in [-0.15, -0.1) is 0 Å². The molecule has 1 aliphatic rings. The minimum Gasteiger partial charge on any atom is -0.398 e. The van der Waals surface area contributed by atoms with E-state index >= 15 is 0 Å². The molecule has 0 saturated heterocycles. The first kappa shape index (κ1) is 11.8. The van der Waals surface area contributed by atoms with Crippen molar-refractivity contribution in [1.82, 2.24) is 4.90 Å². The lowest BCUT2D eigenvalue weighted by Gasteiger charge is -2.17. The van der Waals surface area contributed by atoms with Crippen molar-refractivity contribution in [3.63, 3.8) is 0 Å². The zero-order chi connectivity index (χ0) is 12.5. The molecule has 2 aromatic rings. The van der Waals surface area contributed by atoms with Crippen LogP contribution in [0.5, 0.6) is 0 Å². The van der Waals surface area contributed by atoms with E-state index in [9.17, 15) is 0 Å². The minimum atomic E-state index is 0.861. The van der Waals surface area contributed by atoms with Gasteiger partial charge in [-0.3, -0.25) is 4.90 Å². The third-order valence-electron chi connectivity index (χ3n) is 3.44. The van der Waals surface area contributed by atoms with E-state index < -0.39 is 0 Å². The highest BCUT2D eigenvalue weighted by Gasteiger charge is 2.19. The average Bonchev–Trinajstić information content (AvgIpc) is 2.76. The quantitative estimate of drug-likeness (QED) is 0.860. The number of nitrogen functional groups attached to an aromatic ring is 1. The molecule has 1 aliphatic heterocycles. The standard InChI is InChI=1S/C15H15BrN2/c16-14-6-3-7-15(17)13(14)10-18-8-11-4-1-2-5-12(11)9-18/h1-7H,8-10,17H2. The van der Waals surface area contributed by atoms with Crippen LogP contribution in [-0.2, 0) is 19.6 Å². The summed E-state index contributed by atoms with van der Waals surface area (Å²) in [7, 11) is 0. The Morgan fingerprint density at radius 1 is 1.00 bits per heavy atom. The van der Waals surface area contributed by atoms with Gasteiger partial charge in [-0.1, -0.05) is 46.3 Å². The first-order chi connectivity index (χ1) is 8.74. The lowest BCUT2D eigenvalue weighted by atomic mass is 10.1. The Morgan fingerprint density at radius 3 is 2.28 bits per heavy atom. The summed E-state index contributed by atoms with van der Waals surface area (Å²) in [6.07, 6.45) is 0. The fourth-order valence-corrected chi connectivity index (χ4v) is 2.99. The number of rotatable bonds is 2. The second kappa shape index (κ2) is 4.75. The van der Waals surface area contributed by atoms with Crippen LogP contribution in [0.1, 0.15) is 16.7 Å². The summed E-state index contributed by atoms with van der Waals surface area (Å²) in [4.78, 5) is 2.42. The molecule has 0 unspecified atom stereocenters. The molecule has 0 saturated carbocycles. The molecular formula is C15H15BrN2. The van der Waals surface area contributed by atoms with Crippen LogP contribution in [0, 0.1) is 0 Å². The number of nitrogens with zero attached hydrogens (tertiary/aromatic N) is 1. The maximum absolute atomic E-state index is 6.05. The first-order valence-corrected chi connectivity index (χ1v) is 6.85. The summed E-state index contributed by atoms with van der Waals surface area (Å²) in [5.74, 6) is 0. The molecule has 92 valence electrons. The number of fused-ring (bicyclic) bond motifs is 1. The Morgan fingerprint density at radius 2 is 1.67 bits per heavy atom. The summed E-state index contributed by atoms with van der Waals surface area (Å²) in [6.45, 7) is 2.91. The second-order valence-electron chi connectivity index (χ2n) is 4.72. The van der Waals surface area contributed by atoms with Crippen LogP contribution in [0.15, 0.2) is 46.9 Å². The third-order valence-corrected chi connectivity index (χ3v) is 4.19. The Balaban J connectivity index is 1.80. The van der Waals surface area contributed by atoms with Gasteiger partial charge in [0.2, 0.25) is 0 Å². The van der Waals surface area contributed by atoms with Gasteiger partial charge < -0.3 is 5.73 Å². The van der Waals surface area contributed by atoms with Gasteiger partial charge in [0.25, 0.3) is 0 Å². The van der Waals surface area contributed by atoms with Gasteiger partial charge in [-0.05, 0) is 23.3 Å². The van der Waals surface area contributed by atoms with Crippen molar-refractivity contribution in [3.8, 4) is 0 Å². The topological polar surface area (TPSA) is 29.3 Å². The first-order valence-electron chi connectivity index (χ1n) is 6.06. The molecule has 0 amide bonds. The monoisotopic (exact) mass is 302 g/mol. The van der Waals surface area contributed by atoms with Crippen molar-refractivity contribution in [2.75, 3.05) is 5.73 Å². The molecule has 0 spiro atoms. The fourth-order valence-electron chi connectivity index (χ4n) is 2.48. The van der Waals surface area contributed by atoms with Gasteiger partial charge in [0.05, 0.1) is 0 Å². The maximum atomic E-state index is 6.05. The largest absolute Gasteiger partial charge is 0.398 e. The molecule has 2 N–H and O–H groups in total. The molecule has 0 aliphatic carbocycles. The molecule has 1 heterocycles. The molecule has 3 rings (SSSR count). The smallest absolute Gasteiger partial charge is 0.0371 e. The second-order valence-corrected chi connectivity index (χ2v) is 5.58. The zero-order valence-corrected chi connectivity index (χ0v) is 11.7. The highest BCUT2D eigenvalue weighted by Crippen LogP contribution is 2.28. The highest BCUT2D eigenvalue weighted by molar-refractivity contribution is 9.10. The van der Waals surface area contributed by atoms with Gasteiger partial charge in [-0.2, -0.15) is 0 Å². The van der Waals surface area contributed by atoms with E-state index in [1.807, 2.05) is 12.1 Å².